The highest BCUT2D eigenvalue weighted by Crippen LogP contribution is 2.13. The average molecular weight is 240 g/mol. The molecule has 0 amide bonds. The molecule has 0 spiro atoms. The van der Waals surface area contributed by atoms with Crippen LogP contribution >= 0.6 is 0 Å². The van der Waals surface area contributed by atoms with Crippen molar-refractivity contribution in [2.24, 2.45) is 0 Å². The Balaban J connectivity index is 3.98. The zero-order chi connectivity index (χ0) is 12.8. The van der Waals surface area contributed by atoms with Crippen molar-refractivity contribution in [1.82, 2.24) is 10.2 Å². The molecular formula is C11H23F3N2. The molecule has 0 radical (unpaired) electrons. The Labute approximate surface area is 96.2 Å². The topological polar surface area (TPSA) is 15.3 Å². The van der Waals surface area contributed by atoms with Gasteiger partial charge in [-0.1, -0.05) is 13.8 Å². The molecule has 0 saturated carbocycles. The number of alkyl halides is 3. The second kappa shape index (κ2) is 7.12. The first-order chi connectivity index (χ1) is 7.31. The summed E-state index contributed by atoms with van der Waals surface area (Å²) in [7, 11) is 0. The lowest BCUT2D eigenvalue weighted by Crippen LogP contribution is -2.46. The van der Waals surface area contributed by atoms with Gasteiger partial charge in [-0.05, 0) is 26.8 Å². The van der Waals surface area contributed by atoms with Crippen LogP contribution in [0, 0.1) is 0 Å². The summed E-state index contributed by atoms with van der Waals surface area (Å²) >= 11 is 0. The maximum atomic E-state index is 11.9. The van der Waals surface area contributed by atoms with E-state index in [-0.39, 0.29) is 6.04 Å². The second-order valence-electron chi connectivity index (χ2n) is 4.18. The number of halogens is 3. The third kappa shape index (κ3) is 6.33. The smallest absolute Gasteiger partial charge is 0.307 e. The normalized spacial score (nSPS) is 16.5. The minimum atomic E-state index is -4.12. The molecule has 0 aromatic heterocycles. The van der Waals surface area contributed by atoms with Crippen LogP contribution in [0.1, 0.15) is 34.1 Å². The van der Waals surface area contributed by atoms with E-state index in [4.69, 9.17) is 0 Å². The van der Waals surface area contributed by atoms with Crippen molar-refractivity contribution in [2.75, 3.05) is 19.6 Å². The van der Waals surface area contributed by atoms with Crippen LogP contribution in [-0.2, 0) is 0 Å². The van der Waals surface area contributed by atoms with E-state index in [0.29, 0.717) is 12.6 Å². The van der Waals surface area contributed by atoms with E-state index >= 15 is 0 Å². The summed E-state index contributed by atoms with van der Waals surface area (Å²) in [5.74, 6) is 0. The van der Waals surface area contributed by atoms with Gasteiger partial charge in [-0.3, -0.25) is 4.90 Å². The third-order valence-electron chi connectivity index (χ3n) is 2.85. The Morgan fingerprint density at radius 1 is 1.12 bits per heavy atom. The molecule has 0 bridgehead atoms. The van der Waals surface area contributed by atoms with Crippen molar-refractivity contribution < 1.29 is 13.2 Å². The Hall–Kier alpha value is -0.290. The van der Waals surface area contributed by atoms with Crippen molar-refractivity contribution in [3.63, 3.8) is 0 Å². The first-order valence-corrected chi connectivity index (χ1v) is 5.85. The van der Waals surface area contributed by atoms with Crippen LogP contribution in [-0.4, -0.2) is 42.8 Å². The molecule has 0 heterocycles. The molecule has 2 unspecified atom stereocenters. The van der Waals surface area contributed by atoms with Gasteiger partial charge in [0, 0.05) is 18.6 Å². The van der Waals surface area contributed by atoms with Crippen molar-refractivity contribution >= 4 is 0 Å². The summed E-state index contributed by atoms with van der Waals surface area (Å²) in [5, 5.41) is 2.45. The molecular weight excluding hydrogens is 217 g/mol. The largest absolute Gasteiger partial charge is 0.401 e. The van der Waals surface area contributed by atoms with Crippen LogP contribution in [0.3, 0.4) is 0 Å². The van der Waals surface area contributed by atoms with E-state index in [9.17, 15) is 13.2 Å². The summed E-state index contributed by atoms with van der Waals surface area (Å²) in [5.41, 5.74) is 0. The SMILES string of the molecule is CCC(C)N(CC)C(C)CNCC(F)(F)F. The van der Waals surface area contributed by atoms with Crippen LogP contribution in [0.2, 0.25) is 0 Å². The van der Waals surface area contributed by atoms with Crippen molar-refractivity contribution in [3.8, 4) is 0 Å². The molecule has 0 saturated heterocycles. The van der Waals surface area contributed by atoms with Gasteiger partial charge in [-0.15, -0.1) is 0 Å². The minimum absolute atomic E-state index is 0.127. The van der Waals surface area contributed by atoms with Crippen LogP contribution in [0.4, 0.5) is 13.2 Å². The highest BCUT2D eigenvalue weighted by Gasteiger charge is 2.27. The van der Waals surface area contributed by atoms with E-state index in [1.807, 2.05) is 13.8 Å². The predicted molar refractivity (Wildman–Crippen MR) is 60.5 cm³/mol. The molecule has 0 fully saturated rings. The maximum absolute atomic E-state index is 11.9. The van der Waals surface area contributed by atoms with Crippen molar-refractivity contribution in [1.29, 1.82) is 0 Å². The minimum Gasteiger partial charge on any atom is -0.307 e. The maximum Gasteiger partial charge on any atom is 0.401 e. The number of hydrogen-bond donors (Lipinski definition) is 1. The second-order valence-corrected chi connectivity index (χ2v) is 4.18. The van der Waals surface area contributed by atoms with E-state index < -0.39 is 12.7 Å². The average Bonchev–Trinajstić information content (AvgIpc) is 2.16. The third-order valence-corrected chi connectivity index (χ3v) is 2.85. The molecule has 1 N–H and O–H groups in total. The van der Waals surface area contributed by atoms with Gasteiger partial charge in [0.15, 0.2) is 0 Å². The molecule has 0 aliphatic heterocycles. The van der Waals surface area contributed by atoms with Gasteiger partial charge in [0.1, 0.15) is 0 Å². The van der Waals surface area contributed by atoms with E-state index in [1.165, 1.54) is 0 Å². The summed E-state index contributed by atoms with van der Waals surface area (Å²) < 4.78 is 35.8. The Morgan fingerprint density at radius 2 is 1.69 bits per heavy atom. The van der Waals surface area contributed by atoms with E-state index in [0.717, 1.165) is 13.0 Å². The van der Waals surface area contributed by atoms with Gasteiger partial charge in [0.25, 0.3) is 0 Å². The lowest BCUT2D eigenvalue weighted by atomic mass is 10.1. The lowest BCUT2D eigenvalue weighted by Gasteiger charge is -2.33. The van der Waals surface area contributed by atoms with E-state index in [2.05, 4.69) is 24.1 Å². The highest BCUT2D eigenvalue weighted by atomic mass is 19.4. The molecule has 2 nitrogen and oxygen atoms in total. The van der Waals surface area contributed by atoms with Crippen LogP contribution < -0.4 is 5.32 Å². The van der Waals surface area contributed by atoms with Gasteiger partial charge in [0.2, 0.25) is 0 Å². The Kier molecular flexibility index (Phi) is 6.99. The van der Waals surface area contributed by atoms with Gasteiger partial charge in [0.05, 0.1) is 6.54 Å². The molecule has 98 valence electrons. The number of hydrogen-bond acceptors (Lipinski definition) is 2. The lowest BCUT2D eigenvalue weighted by molar-refractivity contribution is -0.125. The fourth-order valence-corrected chi connectivity index (χ4v) is 1.83. The summed E-state index contributed by atoms with van der Waals surface area (Å²) in [6.07, 6.45) is -3.11. The zero-order valence-electron chi connectivity index (χ0n) is 10.6. The summed E-state index contributed by atoms with van der Waals surface area (Å²) in [4.78, 5) is 2.21. The number of rotatable bonds is 7. The molecule has 16 heavy (non-hydrogen) atoms. The molecule has 0 aromatic rings. The van der Waals surface area contributed by atoms with Gasteiger partial charge in [-0.25, -0.2) is 0 Å². The highest BCUT2D eigenvalue weighted by molar-refractivity contribution is 4.74. The molecule has 0 aromatic carbocycles. The number of nitrogens with one attached hydrogen (secondary N) is 1. The molecule has 2 atom stereocenters. The predicted octanol–water partition coefficient (Wildman–Crippen LogP) is 2.65. The molecule has 0 aliphatic carbocycles. The van der Waals surface area contributed by atoms with Crippen LogP contribution in [0.15, 0.2) is 0 Å². The van der Waals surface area contributed by atoms with Gasteiger partial charge >= 0.3 is 6.18 Å². The first kappa shape index (κ1) is 15.7. The standard InChI is InChI=1S/C11H23F3N2/c1-5-9(3)16(6-2)10(4)7-15-8-11(12,13)14/h9-10,15H,5-8H2,1-4H3. The Morgan fingerprint density at radius 3 is 2.06 bits per heavy atom. The van der Waals surface area contributed by atoms with Crippen molar-refractivity contribution in [3.05, 3.63) is 0 Å². The number of nitrogens with zero attached hydrogens (tertiary/aromatic N) is 1. The quantitative estimate of drug-likeness (QED) is 0.736. The molecule has 0 rings (SSSR count). The van der Waals surface area contributed by atoms with Gasteiger partial charge < -0.3 is 5.32 Å². The van der Waals surface area contributed by atoms with Crippen molar-refractivity contribution in [2.45, 2.75) is 52.4 Å². The summed E-state index contributed by atoms with van der Waals surface area (Å²) in [6, 6.07) is 0.537. The zero-order valence-corrected chi connectivity index (χ0v) is 10.6. The van der Waals surface area contributed by atoms with E-state index in [1.54, 1.807) is 0 Å². The van der Waals surface area contributed by atoms with Crippen LogP contribution in [0.5, 0.6) is 0 Å². The first-order valence-electron chi connectivity index (χ1n) is 5.85. The van der Waals surface area contributed by atoms with Crippen LogP contribution in [0.25, 0.3) is 0 Å². The number of likely N-dealkylation sites (N-methyl/N-ethyl adjacent to an activating group) is 1. The Bertz CT molecular complexity index is 183. The molecule has 0 aliphatic rings. The monoisotopic (exact) mass is 240 g/mol. The summed E-state index contributed by atoms with van der Waals surface area (Å²) in [6.45, 7) is 8.51. The fraction of sp³-hybridized carbons (Fsp3) is 1.00. The van der Waals surface area contributed by atoms with Gasteiger partial charge in [-0.2, -0.15) is 13.2 Å². The fourth-order valence-electron chi connectivity index (χ4n) is 1.83. The molecule has 5 heteroatoms.